The summed E-state index contributed by atoms with van der Waals surface area (Å²) in [5.41, 5.74) is -0.481. The van der Waals surface area contributed by atoms with E-state index in [4.69, 9.17) is 28.4 Å². The predicted octanol–water partition coefficient (Wildman–Crippen LogP) is 2.20. The number of piperidine rings is 1. The summed E-state index contributed by atoms with van der Waals surface area (Å²) in [5, 5.41) is 0. The van der Waals surface area contributed by atoms with Crippen LogP contribution in [0, 0.1) is 11.8 Å². The van der Waals surface area contributed by atoms with Crippen LogP contribution in [0.3, 0.4) is 0 Å². The van der Waals surface area contributed by atoms with Crippen LogP contribution in [0.4, 0.5) is 4.79 Å². The number of likely N-dealkylation sites (tertiary alicyclic amines) is 2. The largest absolute Gasteiger partial charge is 0.444 e. The van der Waals surface area contributed by atoms with Crippen LogP contribution in [-0.4, -0.2) is 119 Å². The molecule has 0 aromatic heterocycles. The maximum Gasteiger partial charge on any atom is 0.410 e. The summed E-state index contributed by atoms with van der Waals surface area (Å²) in [6.07, 6.45) is 8.63. The molecule has 11 nitrogen and oxygen atoms in total. The highest BCUT2D eigenvalue weighted by Gasteiger charge is 2.45. The SMILES string of the molecule is CC(C)(C)OC(=O)N1CCC(OCCOCCOCCOCCOCCN2C(=O)C3C=CC=CC3C2=O)CC1. The molecule has 1 aliphatic carbocycles. The Morgan fingerprint density at radius 1 is 0.769 bits per heavy atom. The van der Waals surface area contributed by atoms with E-state index < -0.39 is 5.60 Å². The molecule has 0 aromatic rings. The van der Waals surface area contributed by atoms with Gasteiger partial charge in [-0.15, -0.1) is 0 Å². The highest BCUT2D eigenvalue weighted by atomic mass is 16.6. The first-order valence-corrected chi connectivity index (χ1v) is 13.9. The van der Waals surface area contributed by atoms with Crippen LogP contribution >= 0.6 is 0 Å². The molecule has 2 aliphatic heterocycles. The standard InChI is InChI=1S/C28H44N2O9/c1-28(2,3)39-27(33)29-10-8-22(9-11-29)38-21-20-37-19-18-36-17-16-35-15-14-34-13-12-30-25(31)23-6-4-5-7-24(23)26(30)32/h4-7,22-24H,8-21H2,1-3H3. The van der Waals surface area contributed by atoms with Gasteiger partial charge >= 0.3 is 6.09 Å². The second kappa shape index (κ2) is 16.1. The topological polar surface area (TPSA) is 113 Å². The molecular weight excluding hydrogens is 508 g/mol. The van der Waals surface area contributed by atoms with E-state index in [1.54, 1.807) is 29.2 Å². The lowest BCUT2D eigenvalue weighted by atomic mass is 9.91. The van der Waals surface area contributed by atoms with Crippen molar-refractivity contribution >= 4 is 17.9 Å². The zero-order valence-corrected chi connectivity index (χ0v) is 23.5. The summed E-state index contributed by atoms with van der Waals surface area (Å²) >= 11 is 0. The minimum atomic E-state index is -0.481. The smallest absolute Gasteiger partial charge is 0.410 e. The minimum absolute atomic E-state index is 0.133. The Morgan fingerprint density at radius 3 is 1.72 bits per heavy atom. The average Bonchev–Trinajstić information content (AvgIpc) is 3.15. The van der Waals surface area contributed by atoms with Crippen molar-refractivity contribution < 1.29 is 42.8 Å². The van der Waals surface area contributed by atoms with Crippen LogP contribution in [0.5, 0.6) is 0 Å². The summed E-state index contributed by atoms with van der Waals surface area (Å²) < 4.78 is 33.3. The number of ether oxygens (including phenoxy) is 6. The van der Waals surface area contributed by atoms with Crippen molar-refractivity contribution in [2.75, 3.05) is 79.1 Å². The van der Waals surface area contributed by atoms with Crippen molar-refractivity contribution in [3.8, 4) is 0 Å². The van der Waals surface area contributed by atoms with Gasteiger partial charge in [-0.3, -0.25) is 14.5 Å². The van der Waals surface area contributed by atoms with Gasteiger partial charge in [0.05, 0.1) is 83.9 Å². The van der Waals surface area contributed by atoms with Crippen LogP contribution in [0.2, 0.25) is 0 Å². The number of carbonyl (C=O) groups is 3. The number of carbonyl (C=O) groups excluding carboxylic acids is 3. The van der Waals surface area contributed by atoms with E-state index in [-0.39, 0.29) is 49.0 Å². The van der Waals surface area contributed by atoms with E-state index in [2.05, 4.69) is 0 Å². The first-order chi connectivity index (χ1) is 18.8. The quantitative estimate of drug-likeness (QED) is 0.210. The van der Waals surface area contributed by atoms with E-state index in [0.29, 0.717) is 65.9 Å². The molecule has 3 aliphatic rings. The van der Waals surface area contributed by atoms with Gasteiger partial charge in [0.15, 0.2) is 0 Å². The third kappa shape index (κ3) is 10.6. The van der Waals surface area contributed by atoms with Crippen molar-refractivity contribution in [2.45, 2.75) is 45.3 Å². The summed E-state index contributed by atoms with van der Waals surface area (Å²) in [4.78, 5) is 39.8. The fourth-order valence-electron chi connectivity index (χ4n) is 4.49. The average molecular weight is 553 g/mol. The van der Waals surface area contributed by atoms with Crippen molar-refractivity contribution in [3.63, 3.8) is 0 Å². The summed E-state index contributed by atoms with van der Waals surface area (Å²) in [5.74, 6) is -1.05. The molecule has 2 unspecified atom stereocenters. The Hall–Kier alpha value is -2.31. The first kappa shape index (κ1) is 31.2. The number of imide groups is 1. The molecule has 0 N–H and O–H groups in total. The second-order valence-corrected chi connectivity index (χ2v) is 10.6. The van der Waals surface area contributed by atoms with Crippen LogP contribution in [0.1, 0.15) is 33.6 Å². The van der Waals surface area contributed by atoms with Crippen LogP contribution < -0.4 is 0 Å². The zero-order chi connectivity index (χ0) is 28.1. The van der Waals surface area contributed by atoms with Gasteiger partial charge in [0, 0.05) is 13.1 Å². The normalized spacial score (nSPS) is 21.6. The van der Waals surface area contributed by atoms with Crippen LogP contribution in [0.15, 0.2) is 24.3 Å². The van der Waals surface area contributed by atoms with Gasteiger partial charge in [0.1, 0.15) is 5.60 Å². The summed E-state index contributed by atoms with van der Waals surface area (Å²) in [7, 11) is 0. The Balaban J connectivity index is 1.06. The van der Waals surface area contributed by atoms with E-state index in [1.165, 1.54) is 4.90 Å². The fraction of sp³-hybridized carbons (Fsp3) is 0.750. The molecule has 0 bridgehead atoms. The van der Waals surface area contributed by atoms with Crippen LogP contribution in [0.25, 0.3) is 0 Å². The predicted molar refractivity (Wildman–Crippen MR) is 142 cm³/mol. The zero-order valence-electron chi connectivity index (χ0n) is 23.5. The van der Waals surface area contributed by atoms with Gasteiger partial charge in [-0.25, -0.2) is 4.79 Å². The molecule has 3 rings (SSSR count). The lowest BCUT2D eigenvalue weighted by Gasteiger charge is -2.33. The minimum Gasteiger partial charge on any atom is -0.444 e. The molecule has 3 amide bonds. The number of rotatable bonds is 16. The number of fused-ring (bicyclic) bond motifs is 1. The maximum absolute atomic E-state index is 12.3. The number of hydrogen-bond donors (Lipinski definition) is 0. The second-order valence-electron chi connectivity index (χ2n) is 10.6. The molecule has 0 aromatic carbocycles. The molecule has 0 saturated carbocycles. The first-order valence-electron chi connectivity index (χ1n) is 13.9. The van der Waals surface area contributed by atoms with Crippen molar-refractivity contribution in [3.05, 3.63) is 24.3 Å². The van der Waals surface area contributed by atoms with Gasteiger partial charge in [-0.05, 0) is 33.6 Å². The molecule has 39 heavy (non-hydrogen) atoms. The molecule has 2 heterocycles. The third-order valence-electron chi connectivity index (χ3n) is 6.49. The lowest BCUT2D eigenvalue weighted by molar-refractivity contribution is -0.140. The number of amides is 3. The molecular formula is C28H44N2O9. The molecule has 220 valence electrons. The van der Waals surface area contributed by atoms with E-state index in [9.17, 15) is 14.4 Å². The molecule has 0 spiro atoms. The summed E-state index contributed by atoms with van der Waals surface area (Å²) in [6.45, 7) is 11.1. The number of nitrogens with zero attached hydrogens (tertiary/aromatic N) is 2. The molecule has 2 fully saturated rings. The van der Waals surface area contributed by atoms with Crippen molar-refractivity contribution in [1.82, 2.24) is 9.80 Å². The highest BCUT2D eigenvalue weighted by Crippen LogP contribution is 2.30. The van der Waals surface area contributed by atoms with Gasteiger partial charge in [0.25, 0.3) is 0 Å². The molecule has 0 radical (unpaired) electrons. The molecule has 2 saturated heterocycles. The van der Waals surface area contributed by atoms with Gasteiger partial charge in [-0.2, -0.15) is 0 Å². The Bertz CT molecular complexity index is 816. The number of allylic oxidation sites excluding steroid dienone is 2. The van der Waals surface area contributed by atoms with E-state index >= 15 is 0 Å². The highest BCUT2D eigenvalue weighted by molar-refractivity contribution is 6.07. The Morgan fingerprint density at radius 2 is 1.23 bits per heavy atom. The van der Waals surface area contributed by atoms with Gasteiger partial charge in [0.2, 0.25) is 11.8 Å². The third-order valence-corrected chi connectivity index (χ3v) is 6.49. The van der Waals surface area contributed by atoms with Crippen molar-refractivity contribution in [2.24, 2.45) is 11.8 Å². The van der Waals surface area contributed by atoms with E-state index in [1.807, 2.05) is 20.8 Å². The number of hydrogen-bond acceptors (Lipinski definition) is 9. The van der Waals surface area contributed by atoms with Gasteiger partial charge in [-0.1, -0.05) is 24.3 Å². The van der Waals surface area contributed by atoms with E-state index in [0.717, 1.165) is 12.8 Å². The molecule has 2 atom stereocenters. The van der Waals surface area contributed by atoms with Gasteiger partial charge < -0.3 is 33.3 Å². The lowest BCUT2D eigenvalue weighted by Crippen LogP contribution is -2.43. The fourth-order valence-corrected chi connectivity index (χ4v) is 4.49. The monoisotopic (exact) mass is 552 g/mol. The Labute approximate surface area is 231 Å². The maximum atomic E-state index is 12.3. The molecule has 11 heteroatoms. The van der Waals surface area contributed by atoms with Crippen molar-refractivity contribution in [1.29, 1.82) is 0 Å². The summed E-state index contributed by atoms with van der Waals surface area (Å²) in [6, 6.07) is 0. The van der Waals surface area contributed by atoms with Crippen LogP contribution in [-0.2, 0) is 38.0 Å². The Kier molecular flexibility index (Phi) is 12.9.